The first-order valence-corrected chi connectivity index (χ1v) is 46.2. The first-order chi connectivity index (χ1) is 68.2. The Morgan fingerprint density at radius 3 is 0.993 bits per heavy atom. The lowest BCUT2D eigenvalue weighted by atomic mass is 9.98. The second-order valence-electron chi connectivity index (χ2n) is 32.5. The number of hydrogen-bond donors (Lipinski definition) is 10. The molecule has 0 saturated heterocycles. The van der Waals surface area contributed by atoms with Gasteiger partial charge in [-0.05, 0) is 286 Å². The largest absolute Gasteiger partial charge is 0.478 e. The number of nitro benzene ring substituents is 1. The average molecular weight is 2130 g/mol. The summed E-state index contributed by atoms with van der Waals surface area (Å²) in [7, 11) is 3.83. The van der Waals surface area contributed by atoms with Gasteiger partial charge < -0.3 is 66.0 Å². The Balaban J connectivity index is 0.000000178. The summed E-state index contributed by atoms with van der Waals surface area (Å²) in [4.78, 5) is 126. The number of nitrogen functional groups attached to an aromatic ring is 2. The van der Waals surface area contributed by atoms with E-state index in [4.69, 9.17) is 47.0 Å². The molecule has 0 spiro atoms. The molecule has 0 fully saturated rings. The number of nitriles is 2. The Labute approximate surface area is 848 Å². The molecule has 31 nitrogen and oxygen atoms in total. The monoisotopic (exact) mass is 2120 g/mol. The highest BCUT2D eigenvalue weighted by Gasteiger charge is 2.34. The molecule has 3 amide bonds. The smallest absolute Gasteiger partial charge is 0.411 e. The van der Waals surface area contributed by atoms with Gasteiger partial charge in [0.25, 0.3) is 5.69 Å². The lowest BCUT2D eigenvalue weighted by Gasteiger charge is -2.16. The number of nitrogens with one attached hydrogen (secondary N) is 3. The molecule has 13 aromatic rings. The van der Waals surface area contributed by atoms with Crippen LogP contribution in [0, 0.1) is 81.2 Å². The van der Waals surface area contributed by atoms with E-state index in [0.29, 0.717) is 82.6 Å². The van der Waals surface area contributed by atoms with Gasteiger partial charge in [-0.2, -0.15) is 10.5 Å². The maximum absolute atomic E-state index is 12.5. The molecule has 0 radical (unpaired) electrons. The molecule has 16 rings (SSSR count). The van der Waals surface area contributed by atoms with Crippen LogP contribution >= 0.6 is 47.8 Å². The fourth-order valence-electron chi connectivity index (χ4n) is 16.6. The number of aryl methyl sites for hydroxylation is 7. The third-order valence-corrected chi connectivity index (χ3v) is 26.4. The predicted molar refractivity (Wildman–Crippen MR) is 551 cm³/mol. The maximum atomic E-state index is 12.5. The highest BCUT2D eigenvalue weighted by Crippen LogP contribution is 2.48. The number of non-ortho nitro benzene ring substituents is 1. The van der Waals surface area contributed by atoms with E-state index in [1.165, 1.54) is 68.9 Å². The number of carboxylic acids is 4. The number of carbonyl (C=O) groups excluding carboxylic acids is 6. The number of anilines is 5. The van der Waals surface area contributed by atoms with Crippen LogP contribution in [0.1, 0.15) is 192 Å². The molecular formula is C109H98Br3N9O22. The van der Waals surface area contributed by atoms with Crippen LogP contribution in [0.3, 0.4) is 0 Å². The molecule has 0 saturated carbocycles. The van der Waals surface area contributed by atoms with Crippen LogP contribution in [0.5, 0.6) is 0 Å². The van der Waals surface area contributed by atoms with Crippen LogP contribution in [0.2, 0.25) is 0 Å². The fraction of sp³-hybridized carbons (Fsp3) is 0.174. The summed E-state index contributed by atoms with van der Waals surface area (Å²) in [6.07, 6.45) is -1.30. The fourth-order valence-corrected chi connectivity index (χ4v) is 17.8. The van der Waals surface area contributed by atoms with Crippen molar-refractivity contribution < 1.29 is 102 Å². The summed E-state index contributed by atoms with van der Waals surface area (Å²) in [6, 6.07) is 75.7. The van der Waals surface area contributed by atoms with E-state index in [0.717, 1.165) is 82.4 Å². The molecule has 0 aromatic heterocycles. The molecule has 143 heavy (non-hydrogen) atoms. The van der Waals surface area contributed by atoms with Gasteiger partial charge in [0.1, 0.15) is 32.0 Å². The number of ether oxygens (including phenoxy) is 6. The first-order valence-electron chi connectivity index (χ1n) is 43.8. The molecule has 13 N–H and O–H groups in total. The number of fused-ring (bicyclic) bond motifs is 9. The number of rotatable bonds is 19. The molecule has 0 bridgehead atoms. The number of carbonyl (C=O) groups is 10. The van der Waals surface area contributed by atoms with Crippen molar-refractivity contribution in [2.45, 2.75) is 86.1 Å². The van der Waals surface area contributed by atoms with E-state index in [1.807, 2.05) is 131 Å². The molecule has 0 atom stereocenters. The molecule has 13 aromatic carbocycles. The van der Waals surface area contributed by atoms with E-state index in [2.05, 4.69) is 139 Å². The van der Waals surface area contributed by atoms with Crippen molar-refractivity contribution in [3.8, 4) is 45.5 Å². The zero-order valence-electron chi connectivity index (χ0n) is 79.1. The number of benzene rings is 13. The number of amides is 3. The van der Waals surface area contributed by atoms with E-state index in [1.54, 1.807) is 76.2 Å². The summed E-state index contributed by atoms with van der Waals surface area (Å²) in [5.74, 6) is -5.90. The second-order valence-corrected chi connectivity index (χ2v) is 34.8. The molecule has 0 heterocycles. The topological polar surface area (TPSA) is 512 Å². The normalized spacial score (nSPS) is 11.2. The van der Waals surface area contributed by atoms with Crippen molar-refractivity contribution in [1.29, 1.82) is 10.5 Å². The van der Waals surface area contributed by atoms with Crippen LogP contribution in [-0.4, -0.2) is 127 Å². The predicted octanol–water partition coefficient (Wildman–Crippen LogP) is 23.3. The van der Waals surface area contributed by atoms with Gasteiger partial charge in [0, 0.05) is 78.3 Å². The Bertz CT molecular complexity index is 6920. The quantitative estimate of drug-likeness (QED) is 0.0118. The number of nitro groups is 1. The number of carboxylic acid groups (broad SMARTS) is 4. The van der Waals surface area contributed by atoms with E-state index >= 15 is 0 Å². The number of halogens is 3. The minimum Gasteiger partial charge on any atom is -0.478 e. The van der Waals surface area contributed by atoms with Gasteiger partial charge in [0.15, 0.2) is 0 Å². The minimum atomic E-state index is -1.23. The Kier molecular flexibility index (Phi) is 37.7. The van der Waals surface area contributed by atoms with Crippen molar-refractivity contribution in [3.63, 3.8) is 0 Å². The van der Waals surface area contributed by atoms with Crippen LogP contribution in [0.15, 0.2) is 250 Å². The Hall–Kier alpha value is -16.7. The molecule has 34 heteroatoms. The van der Waals surface area contributed by atoms with Crippen LogP contribution in [0.4, 0.5) is 48.5 Å². The number of esters is 3. The lowest BCUT2D eigenvalue weighted by Crippen LogP contribution is -2.19. The van der Waals surface area contributed by atoms with Crippen molar-refractivity contribution in [1.82, 2.24) is 0 Å². The summed E-state index contributed by atoms with van der Waals surface area (Å²) >= 11 is 9.68. The molecule has 3 aliphatic rings. The van der Waals surface area contributed by atoms with Crippen molar-refractivity contribution >= 4 is 142 Å². The molecule has 0 aliphatic heterocycles. The van der Waals surface area contributed by atoms with Gasteiger partial charge in [-0.1, -0.05) is 165 Å². The Morgan fingerprint density at radius 1 is 0.364 bits per heavy atom. The van der Waals surface area contributed by atoms with E-state index in [-0.39, 0.29) is 94.8 Å². The van der Waals surface area contributed by atoms with Crippen LogP contribution in [0.25, 0.3) is 33.4 Å². The van der Waals surface area contributed by atoms with Gasteiger partial charge in [-0.15, -0.1) is 0 Å². The van der Waals surface area contributed by atoms with Crippen LogP contribution < -0.4 is 33.2 Å². The Morgan fingerprint density at radius 2 is 0.657 bits per heavy atom. The zero-order chi connectivity index (χ0) is 104. The number of aromatic carboxylic acids is 4. The number of nitrogens with two attached hydrogens (primary N) is 3. The van der Waals surface area contributed by atoms with Gasteiger partial charge in [-0.25, -0.2) is 47.9 Å². The maximum Gasteiger partial charge on any atom is 0.411 e. The standard InChI is InChI=1S/C25H23NO4.C24H22N2O4.C24H18N2O4.C10H10N2O2.C9H8BrNO4.C9H10BrNO2.C8H7BrO2/c1-3-17-15(2)12-16(13-22(17)24(27)28)26-25(29)30-14-23-20-10-6-4-8-18(20)19-9-5-7-11-21(19)23;2*1-14-10-15(11-20(23(27)28)21(14)12-25)26-24(29)30-13-22-18-8-4-2-6-16(18)17-7-3-5-9-19(17)22;1-6-3-7(12)4-8(9(6)5-11)10(13)14-2;1-5-3-6(11(13)14)4-7(8(5)10)9(12)15-2;1-5-3-6(11)4-7(8(5)10)9(12)13-2;1-5-3-2-4-6(7(5)9)8(10)11/h4-13,23H,3,14H2,1-2H3,(H,26,29)(H,27,28);2-11,22H,12-13,25H2,1H3,(H,26,29)(H,27,28);2-11,22H,13H2,1H3,(H,26,29)(H,27,28);3-4H,12H2,1-2H3;3-4H,1-2H3;3-4H,11H2,1-2H3;2-4H,1H3,(H,10,11). The lowest BCUT2D eigenvalue weighted by molar-refractivity contribution is -0.385. The zero-order valence-corrected chi connectivity index (χ0v) is 83.9. The van der Waals surface area contributed by atoms with E-state index < -0.39 is 59.0 Å². The first kappa shape index (κ1) is 108. The van der Waals surface area contributed by atoms with Gasteiger partial charge in [-0.3, -0.25) is 26.1 Å². The van der Waals surface area contributed by atoms with Crippen LogP contribution in [-0.2, 0) is 41.4 Å². The highest BCUT2D eigenvalue weighted by molar-refractivity contribution is 9.11. The van der Waals surface area contributed by atoms with Gasteiger partial charge >= 0.3 is 60.1 Å². The number of hydrogen-bond acceptors (Lipinski definition) is 23. The number of methoxy groups -OCH3 is 3. The summed E-state index contributed by atoms with van der Waals surface area (Å²) in [5, 5.41) is 73.3. The van der Waals surface area contributed by atoms with E-state index in [9.17, 15) is 73.4 Å². The summed E-state index contributed by atoms with van der Waals surface area (Å²) < 4.78 is 32.1. The third-order valence-electron chi connectivity index (χ3n) is 23.2. The third kappa shape index (κ3) is 26.5. The molecular weight excluding hydrogens is 2030 g/mol. The molecule has 0 unspecified atom stereocenters. The van der Waals surface area contributed by atoms with Gasteiger partial charge in [0.05, 0.1) is 76.3 Å². The number of nitrogens with zero attached hydrogens (tertiary/aromatic N) is 3. The van der Waals surface area contributed by atoms with Gasteiger partial charge in [0.2, 0.25) is 0 Å². The average Bonchev–Trinajstić information content (AvgIpc) is 1.62. The van der Waals surface area contributed by atoms with Crippen molar-refractivity contribution in [3.05, 3.63) is 394 Å². The summed E-state index contributed by atoms with van der Waals surface area (Å²) in [5.41, 5.74) is 40.5. The van der Waals surface area contributed by atoms with Crippen molar-refractivity contribution in [2.24, 2.45) is 5.73 Å². The molecule has 3 aliphatic carbocycles. The van der Waals surface area contributed by atoms with Crippen molar-refractivity contribution in [2.75, 3.05) is 68.6 Å². The SMILES string of the molecule is CCc1c(C)cc(NC(=O)OCC2c3ccccc3-c3ccccc32)cc1C(=O)O.COC(=O)c1cc(N)cc(C)c1Br.COC(=O)c1cc(N)cc(C)c1C#N.COC(=O)c1cc([N+](=O)[O-])cc(C)c1Br.Cc1cc(NC(=O)OCC2c3ccccc3-c3ccccc32)cc(C(=O)O)c1C#N.Cc1cc(NC(=O)OCC2c3ccccc3-c3ccccc32)cc(C(=O)O)c1CN.Cc1cccc(C(=O)O)c1Br. The molecule has 732 valence electrons. The second kappa shape index (κ2) is 49.8. The summed E-state index contributed by atoms with van der Waals surface area (Å²) in [6.45, 7) is 14.9. The minimum absolute atomic E-state index is 0.0260. The highest BCUT2D eigenvalue weighted by atomic mass is 79.9.